The number of epoxide rings is 1. The van der Waals surface area contributed by atoms with Crippen LogP contribution >= 0.6 is 0 Å². The molecule has 0 aliphatic carbocycles. The highest BCUT2D eigenvalue weighted by Gasteiger charge is 2.27. The van der Waals surface area contributed by atoms with Crippen LogP contribution in [0.4, 0.5) is 0 Å². The third-order valence-electron chi connectivity index (χ3n) is 1.62. The van der Waals surface area contributed by atoms with Crippen LogP contribution in [0.1, 0.15) is 13.3 Å². The normalized spacial score (nSPS) is 25.6. The first-order chi connectivity index (χ1) is 4.74. The topological polar surface area (TPSA) is 38.8 Å². The Balaban J connectivity index is 2.18. The van der Waals surface area contributed by atoms with Gasteiger partial charge in [0.05, 0.1) is 25.7 Å². The molecule has 58 valence electrons. The largest absolute Gasteiger partial charge is 0.469 e. The van der Waals surface area contributed by atoms with Gasteiger partial charge in [0, 0.05) is 0 Å². The summed E-state index contributed by atoms with van der Waals surface area (Å²) in [6, 6.07) is 0. The average molecular weight is 144 g/mol. The lowest BCUT2D eigenvalue weighted by molar-refractivity contribution is -0.145. The Labute approximate surface area is 60.3 Å². The molecule has 1 rings (SSSR count). The number of ether oxygens (including phenoxy) is 2. The second kappa shape index (κ2) is 3.01. The SMILES string of the molecule is COC(=O)C(C)CC1CO1. The second-order valence-corrected chi connectivity index (χ2v) is 2.62. The van der Waals surface area contributed by atoms with E-state index in [9.17, 15) is 4.79 Å². The summed E-state index contributed by atoms with van der Waals surface area (Å²) in [5.41, 5.74) is 0. The predicted octanol–water partition coefficient (Wildman–Crippen LogP) is 0.584. The van der Waals surface area contributed by atoms with Gasteiger partial charge in [-0.15, -0.1) is 0 Å². The summed E-state index contributed by atoms with van der Waals surface area (Å²) in [4.78, 5) is 10.8. The molecule has 2 unspecified atom stereocenters. The number of carbonyl (C=O) groups excluding carboxylic acids is 1. The molecule has 0 saturated carbocycles. The van der Waals surface area contributed by atoms with Crippen molar-refractivity contribution in [1.29, 1.82) is 0 Å². The zero-order valence-electron chi connectivity index (χ0n) is 6.29. The van der Waals surface area contributed by atoms with Crippen molar-refractivity contribution in [2.45, 2.75) is 19.4 Å². The van der Waals surface area contributed by atoms with Gasteiger partial charge in [-0.2, -0.15) is 0 Å². The summed E-state index contributed by atoms with van der Waals surface area (Å²) >= 11 is 0. The maximum absolute atomic E-state index is 10.8. The molecule has 0 aromatic heterocycles. The fourth-order valence-electron chi connectivity index (χ4n) is 0.896. The van der Waals surface area contributed by atoms with Gasteiger partial charge in [0.2, 0.25) is 0 Å². The van der Waals surface area contributed by atoms with E-state index in [0.29, 0.717) is 6.10 Å². The van der Waals surface area contributed by atoms with Gasteiger partial charge in [0.15, 0.2) is 0 Å². The minimum atomic E-state index is -0.143. The quantitative estimate of drug-likeness (QED) is 0.429. The van der Waals surface area contributed by atoms with Crippen LogP contribution in [-0.2, 0) is 14.3 Å². The Bertz CT molecular complexity index is 129. The Kier molecular flexibility index (Phi) is 2.27. The van der Waals surface area contributed by atoms with Gasteiger partial charge in [-0.25, -0.2) is 0 Å². The summed E-state index contributed by atoms with van der Waals surface area (Å²) in [6.45, 7) is 2.66. The molecule has 0 aromatic carbocycles. The highest BCUT2D eigenvalue weighted by Crippen LogP contribution is 2.19. The molecule has 3 heteroatoms. The predicted molar refractivity (Wildman–Crippen MR) is 35.5 cm³/mol. The van der Waals surface area contributed by atoms with Gasteiger partial charge in [-0.3, -0.25) is 4.79 Å². The van der Waals surface area contributed by atoms with Crippen LogP contribution in [0.5, 0.6) is 0 Å². The van der Waals surface area contributed by atoms with Crippen molar-refractivity contribution < 1.29 is 14.3 Å². The first-order valence-corrected chi connectivity index (χ1v) is 3.43. The van der Waals surface area contributed by atoms with Crippen molar-refractivity contribution in [2.24, 2.45) is 5.92 Å². The highest BCUT2D eigenvalue weighted by molar-refractivity contribution is 5.71. The first kappa shape index (κ1) is 7.54. The van der Waals surface area contributed by atoms with Crippen molar-refractivity contribution in [3.8, 4) is 0 Å². The summed E-state index contributed by atoms with van der Waals surface area (Å²) in [5, 5.41) is 0. The molecule has 1 fully saturated rings. The fraction of sp³-hybridized carbons (Fsp3) is 0.857. The molecule has 1 aliphatic rings. The van der Waals surface area contributed by atoms with Crippen molar-refractivity contribution >= 4 is 5.97 Å². The van der Waals surface area contributed by atoms with Crippen molar-refractivity contribution in [3.63, 3.8) is 0 Å². The fourth-order valence-corrected chi connectivity index (χ4v) is 0.896. The van der Waals surface area contributed by atoms with Gasteiger partial charge in [-0.05, 0) is 6.42 Å². The lowest BCUT2D eigenvalue weighted by Gasteiger charge is -2.05. The Hall–Kier alpha value is -0.570. The van der Waals surface area contributed by atoms with E-state index in [0.717, 1.165) is 13.0 Å². The lowest BCUT2D eigenvalue weighted by atomic mass is 10.1. The molecule has 1 heterocycles. The molecule has 0 bridgehead atoms. The van der Waals surface area contributed by atoms with E-state index in [1.807, 2.05) is 6.92 Å². The molecule has 0 aromatic rings. The lowest BCUT2D eigenvalue weighted by Crippen LogP contribution is -2.14. The van der Waals surface area contributed by atoms with E-state index in [4.69, 9.17) is 4.74 Å². The van der Waals surface area contributed by atoms with Crippen LogP contribution in [0.25, 0.3) is 0 Å². The van der Waals surface area contributed by atoms with E-state index in [1.54, 1.807) is 0 Å². The number of methoxy groups -OCH3 is 1. The summed E-state index contributed by atoms with van der Waals surface area (Å²) in [7, 11) is 1.41. The zero-order chi connectivity index (χ0) is 7.56. The number of rotatable bonds is 3. The summed E-state index contributed by atoms with van der Waals surface area (Å²) < 4.78 is 9.51. The van der Waals surface area contributed by atoms with Crippen molar-refractivity contribution in [1.82, 2.24) is 0 Å². The first-order valence-electron chi connectivity index (χ1n) is 3.43. The molecule has 3 nitrogen and oxygen atoms in total. The van der Waals surface area contributed by atoms with Crippen LogP contribution < -0.4 is 0 Å². The van der Waals surface area contributed by atoms with Crippen LogP contribution in [0, 0.1) is 5.92 Å². The average Bonchev–Trinajstić information content (AvgIpc) is 2.70. The smallest absolute Gasteiger partial charge is 0.308 e. The molecular formula is C7H12O3. The number of esters is 1. The molecule has 1 aliphatic heterocycles. The minimum Gasteiger partial charge on any atom is -0.469 e. The van der Waals surface area contributed by atoms with Crippen molar-refractivity contribution in [3.05, 3.63) is 0 Å². The highest BCUT2D eigenvalue weighted by atomic mass is 16.6. The van der Waals surface area contributed by atoms with E-state index in [2.05, 4.69) is 4.74 Å². The Morgan fingerprint density at radius 3 is 2.90 bits per heavy atom. The van der Waals surface area contributed by atoms with Gasteiger partial charge < -0.3 is 9.47 Å². The van der Waals surface area contributed by atoms with Crippen LogP contribution in [0.15, 0.2) is 0 Å². The summed E-state index contributed by atoms with van der Waals surface area (Å²) in [5.74, 6) is -0.159. The van der Waals surface area contributed by atoms with Gasteiger partial charge >= 0.3 is 5.97 Å². The molecule has 2 atom stereocenters. The van der Waals surface area contributed by atoms with E-state index in [1.165, 1.54) is 7.11 Å². The maximum Gasteiger partial charge on any atom is 0.308 e. The molecule has 1 saturated heterocycles. The standard InChI is InChI=1S/C7H12O3/c1-5(7(8)9-2)3-6-4-10-6/h5-6H,3-4H2,1-2H3. The second-order valence-electron chi connectivity index (χ2n) is 2.62. The van der Waals surface area contributed by atoms with Gasteiger partial charge in [0.25, 0.3) is 0 Å². The van der Waals surface area contributed by atoms with E-state index >= 15 is 0 Å². The number of hydrogen-bond acceptors (Lipinski definition) is 3. The van der Waals surface area contributed by atoms with Crippen LogP contribution in [0.3, 0.4) is 0 Å². The molecule has 10 heavy (non-hydrogen) atoms. The molecule has 0 radical (unpaired) electrons. The molecule has 0 N–H and O–H groups in total. The Morgan fingerprint density at radius 1 is 1.90 bits per heavy atom. The third kappa shape index (κ3) is 1.99. The number of carbonyl (C=O) groups is 1. The number of hydrogen-bond donors (Lipinski definition) is 0. The third-order valence-corrected chi connectivity index (χ3v) is 1.62. The Morgan fingerprint density at radius 2 is 2.50 bits per heavy atom. The molecule has 0 amide bonds. The van der Waals surface area contributed by atoms with Crippen LogP contribution in [-0.4, -0.2) is 25.8 Å². The molecule has 0 spiro atoms. The maximum atomic E-state index is 10.8. The van der Waals surface area contributed by atoms with Gasteiger partial charge in [0.1, 0.15) is 0 Å². The van der Waals surface area contributed by atoms with E-state index in [-0.39, 0.29) is 11.9 Å². The zero-order valence-corrected chi connectivity index (χ0v) is 6.29. The van der Waals surface area contributed by atoms with Crippen molar-refractivity contribution in [2.75, 3.05) is 13.7 Å². The van der Waals surface area contributed by atoms with Gasteiger partial charge in [-0.1, -0.05) is 6.92 Å². The summed E-state index contributed by atoms with van der Waals surface area (Å²) in [6.07, 6.45) is 1.11. The monoisotopic (exact) mass is 144 g/mol. The minimum absolute atomic E-state index is 0.0162. The van der Waals surface area contributed by atoms with Crippen LogP contribution in [0.2, 0.25) is 0 Å². The van der Waals surface area contributed by atoms with E-state index < -0.39 is 0 Å². The molecular weight excluding hydrogens is 132 g/mol.